The molecule has 0 aliphatic heterocycles. The van der Waals surface area contributed by atoms with E-state index in [1.807, 2.05) is 0 Å². The monoisotopic (exact) mass is 339 g/mol. The molecule has 0 spiro atoms. The van der Waals surface area contributed by atoms with Gasteiger partial charge in [0.2, 0.25) is 17.7 Å². The molecule has 1 rings (SSSR count). The van der Waals surface area contributed by atoms with Gasteiger partial charge in [-0.25, -0.2) is 0 Å². The number of amides is 3. The van der Waals surface area contributed by atoms with Crippen LogP contribution in [0.25, 0.3) is 0 Å². The van der Waals surface area contributed by atoms with Crippen molar-refractivity contribution in [3.63, 3.8) is 0 Å². The van der Waals surface area contributed by atoms with Crippen LogP contribution in [0.5, 0.6) is 0 Å². The third-order valence-corrected chi connectivity index (χ3v) is 4.83. The van der Waals surface area contributed by atoms with Crippen molar-refractivity contribution in [2.24, 2.45) is 5.73 Å². The number of nitrogens with two attached hydrogens (primary N) is 1. The Labute approximate surface area is 145 Å². The van der Waals surface area contributed by atoms with Crippen LogP contribution < -0.4 is 11.1 Å². The highest BCUT2D eigenvalue weighted by Crippen LogP contribution is 2.23. The van der Waals surface area contributed by atoms with Crippen LogP contribution in [-0.2, 0) is 14.4 Å². The number of nitrogens with zero attached hydrogens (tertiary/aromatic N) is 1. The van der Waals surface area contributed by atoms with Crippen LogP contribution in [-0.4, -0.2) is 41.8 Å². The molecule has 0 aromatic rings. The molecule has 3 N–H and O–H groups in total. The van der Waals surface area contributed by atoms with Crippen molar-refractivity contribution in [1.29, 1.82) is 0 Å². The second-order valence-corrected chi connectivity index (χ2v) is 6.83. The summed E-state index contributed by atoms with van der Waals surface area (Å²) >= 11 is 0. The predicted octanol–water partition coefficient (Wildman–Crippen LogP) is 2.11. The maximum Gasteiger partial charge on any atom is 0.240 e. The molecule has 24 heavy (non-hydrogen) atoms. The van der Waals surface area contributed by atoms with Gasteiger partial charge in [0.25, 0.3) is 0 Å². The van der Waals surface area contributed by atoms with E-state index in [0.29, 0.717) is 6.42 Å². The summed E-state index contributed by atoms with van der Waals surface area (Å²) in [7, 11) is 1.77. The van der Waals surface area contributed by atoms with Gasteiger partial charge in [-0.3, -0.25) is 14.4 Å². The lowest BCUT2D eigenvalue weighted by Gasteiger charge is -2.26. The van der Waals surface area contributed by atoms with Crippen molar-refractivity contribution in [3.8, 4) is 0 Å². The summed E-state index contributed by atoms with van der Waals surface area (Å²) < 4.78 is 0. The Morgan fingerprint density at radius 3 is 2.33 bits per heavy atom. The topological polar surface area (TPSA) is 92.5 Å². The molecule has 1 atom stereocenters. The molecular weight excluding hydrogens is 306 g/mol. The van der Waals surface area contributed by atoms with Gasteiger partial charge in [-0.1, -0.05) is 45.4 Å². The molecule has 3 amide bonds. The van der Waals surface area contributed by atoms with E-state index in [1.54, 1.807) is 11.9 Å². The highest BCUT2D eigenvalue weighted by Gasteiger charge is 2.27. The van der Waals surface area contributed by atoms with E-state index in [2.05, 4.69) is 12.2 Å². The van der Waals surface area contributed by atoms with E-state index in [1.165, 1.54) is 6.42 Å². The Morgan fingerprint density at radius 2 is 1.75 bits per heavy atom. The van der Waals surface area contributed by atoms with Crippen LogP contribution in [0.4, 0.5) is 0 Å². The first-order valence-corrected chi connectivity index (χ1v) is 9.30. The van der Waals surface area contributed by atoms with Gasteiger partial charge in [0.1, 0.15) is 6.04 Å². The fourth-order valence-corrected chi connectivity index (χ4v) is 3.19. The SMILES string of the molecule is CCCCCCCC(=O)N[C@H](CC(=O)N(C)C1CCCC1)C(N)=O. The summed E-state index contributed by atoms with van der Waals surface area (Å²) in [6.45, 7) is 2.14. The summed E-state index contributed by atoms with van der Waals surface area (Å²) in [5, 5.41) is 2.62. The predicted molar refractivity (Wildman–Crippen MR) is 94.1 cm³/mol. The van der Waals surface area contributed by atoms with Crippen molar-refractivity contribution >= 4 is 17.7 Å². The highest BCUT2D eigenvalue weighted by molar-refractivity contribution is 5.91. The molecule has 6 heteroatoms. The van der Waals surface area contributed by atoms with Gasteiger partial charge in [-0.05, 0) is 19.3 Å². The zero-order chi connectivity index (χ0) is 17.9. The van der Waals surface area contributed by atoms with Gasteiger partial charge in [0.05, 0.1) is 6.42 Å². The zero-order valence-electron chi connectivity index (χ0n) is 15.2. The Hall–Kier alpha value is -1.59. The molecule has 138 valence electrons. The van der Waals surface area contributed by atoms with E-state index in [-0.39, 0.29) is 24.3 Å². The van der Waals surface area contributed by atoms with Crippen LogP contribution in [0.15, 0.2) is 0 Å². The Kier molecular flexibility index (Phi) is 9.42. The Morgan fingerprint density at radius 1 is 1.12 bits per heavy atom. The van der Waals surface area contributed by atoms with Crippen LogP contribution in [0.3, 0.4) is 0 Å². The average molecular weight is 339 g/mol. The first kappa shape index (κ1) is 20.5. The number of carbonyl (C=O) groups is 3. The van der Waals surface area contributed by atoms with Crippen molar-refractivity contribution in [2.75, 3.05) is 7.05 Å². The number of rotatable bonds is 11. The van der Waals surface area contributed by atoms with Crippen molar-refractivity contribution in [1.82, 2.24) is 10.2 Å². The molecule has 1 fully saturated rings. The van der Waals surface area contributed by atoms with E-state index in [4.69, 9.17) is 5.73 Å². The van der Waals surface area contributed by atoms with Gasteiger partial charge in [0, 0.05) is 19.5 Å². The number of hydrogen-bond donors (Lipinski definition) is 2. The maximum absolute atomic E-state index is 12.3. The number of primary amides is 1. The van der Waals surface area contributed by atoms with Crippen LogP contribution in [0, 0.1) is 0 Å². The minimum atomic E-state index is -0.913. The number of hydrogen-bond acceptors (Lipinski definition) is 3. The Bertz CT molecular complexity index is 420. The normalized spacial score (nSPS) is 15.9. The summed E-state index contributed by atoms with van der Waals surface area (Å²) in [6.07, 6.45) is 9.87. The molecule has 0 aromatic carbocycles. The maximum atomic E-state index is 12.3. The molecule has 1 aliphatic carbocycles. The van der Waals surface area contributed by atoms with Gasteiger partial charge in [-0.15, -0.1) is 0 Å². The minimum Gasteiger partial charge on any atom is -0.368 e. The number of nitrogens with one attached hydrogen (secondary N) is 1. The standard InChI is InChI=1S/C18H33N3O3/c1-3-4-5-6-7-12-16(22)20-15(18(19)24)13-17(23)21(2)14-10-8-9-11-14/h14-15H,3-13H2,1-2H3,(H2,19,24)(H,20,22)/t15-/m1/s1. The number of unbranched alkanes of at least 4 members (excludes halogenated alkanes) is 4. The van der Waals surface area contributed by atoms with Crippen molar-refractivity contribution in [2.45, 2.75) is 89.6 Å². The van der Waals surface area contributed by atoms with Gasteiger partial charge >= 0.3 is 0 Å². The second kappa shape index (κ2) is 11.0. The molecule has 1 saturated carbocycles. The highest BCUT2D eigenvalue weighted by atomic mass is 16.2. The average Bonchev–Trinajstić information content (AvgIpc) is 3.07. The molecule has 0 unspecified atom stereocenters. The molecular formula is C18H33N3O3. The van der Waals surface area contributed by atoms with Crippen LogP contribution in [0.2, 0.25) is 0 Å². The third-order valence-electron chi connectivity index (χ3n) is 4.83. The molecule has 0 heterocycles. The summed E-state index contributed by atoms with van der Waals surface area (Å²) in [5.41, 5.74) is 5.36. The van der Waals surface area contributed by atoms with E-state index >= 15 is 0 Å². The van der Waals surface area contributed by atoms with E-state index in [0.717, 1.165) is 51.4 Å². The van der Waals surface area contributed by atoms with Gasteiger partial charge < -0.3 is 16.0 Å². The molecule has 1 aliphatic rings. The lowest BCUT2D eigenvalue weighted by molar-refractivity contribution is -0.136. The molecule has 6 nitrogen and oxygen atoms in total. The first-order chi connectivity index (χ1) is 11.5. The number of carbonyl (C=O) groups excluding carboxylic acids is 3. The second-order valence-electron chi connectivity index (χ2n) is 6.83. The molecule has 0 bridgehead atoms. The fraction of sp³-hybridized carbons (Fsp3) is 0.833. The largest absolute Gasteiger partial charge is 0.368 e. The van der Waals surface area contributed by atoms with Gasteiger partial charge in [0.15, 0.2) is 0 Å². The molecule has 0 saturated heterocycles. The minimum absolute atomic E-state index is 0.0517. The Balaban J connectivity index is 2.38. The van der Waals surface area contributed by atoms with Crippen LogP contribution >= 0.6 is 0 Å². The van der Waals surface area contributed by atoms with Crippen molar-refractivity contribution in [3.05, 3.63) is 0 Å². The zero-order valence-corrected chi connectivity index (χ0v) is 15.2. The van der Waals surface area contributed by atoms with E-state index in [9.17, 15) is 14.4 Å². The summed E-state index contributed by atoms with van der Waals surface area (Å²) in [4.78, 5) is 37.6. The van der Waals surface area contributed by atoms with Crippen molar-refractivity contribution < 1.29 is 14.4 Å². The fourth-order valence-electron chi connectivity index (χ4n) is 3.19. The van der Waals surface area contributed by atoms with E-state index < -0.39 is 11.9 Å². The van der Waals surface area contributed by atoms with Crippen LogP contribution in [0.1, 0.15) is 77.6 Å². The lowest BCUT2D eigenvalue weighted by atomic mass is 10.1. The quantitative estimate of drug-likeness (QED) is 0.565. The smallest absolute Gasteiger partial charge is 0.240 e. The summed E-state index contributed by atoms with van der Waals surface area (Å²) in [5.74, 6) is -0.983. The molecule has 0 radical (unpaired) electrons. The van der Waals surface area contributed by atoms with Gasteiger partial charge in [-0.2, -0.15) is 0 Å². The lowest BCUT2D eigenvalue weighted by Crippen LogP contribution is -2.48. The molecule has 0 aromatic heterocycles. The third kappa shape index (κ3) is 7.32. The summed E-state index contributed by atoms with van der Waals surface area (Å²) in [6, 6.07) is -0.662. The first-order valence-electron chi connectivity index (χ1n) is 9.30.